The van der Waals surface area contributed by atoms with Crippen LogP contribution in [0, 0.1) is 5.92 Å². The highest BCUT2D eigenvalue weighted by molar-refractivity contribution is 5.92. The standard InChI is InChI=1S/C15H22N2O2/c1-2-11-5-6-14(18)13(8-11)17-15(19)9-12-4-3-7-16-10-12/h5-6,8,12,16,18H,2-4,7,9-10H2,1H3,(H,17,19). The number of benzene rings is 1. The number of carbonyl (C=O) groups is 1. The number of phenolic OH excluding ortho intramolecular Hbond substituents is 1. The Labute approximate surface area is 114 Å². The van der Waals surface area contributed by atoms with E-state index in [4.69, 9.17) is 0 Å². The van der Waals surface area contributed by atoms with E-state index in [0.717, 1.165) is 37.9 Å². The summed E-state index contributed by atoms with van der Waals surface area (Å²) in [6, 6.07) is 5.35. The van der Waals surface area contributed by atoms with Crippen LogP contribution in [0.1, 0.15) is 31.7 Å². The smallest absolute Gasteiger partial charge is 0.224 e. The van der Waals surface area contributed by atoms with Gasteiger partial charge in [0.1, 0.15) is 5.75 Å². The fourth-order valence-electron chi connectivity index (χ4n) is 2.46. The van der Waals surface area contributed by atoms with Crippen molar-refractivity contribution in [1.29, 1.82) is 0 Å². The van der Waals surface area contributed by atoms with Crippen LogP contribution >= 0.6 is 0 Å². The largest absolute Gasteiger partial charge is 0.506 e. The molecule has 1 heterocycles. The number of amides is 1. The molecule has 0 radical (unpaired) electrons. The Bertz CT molecular complexity index is 440. The topological polar surface area (TPSA) is 61.4 Å². The van der Waals surface area contributed by atoms with Crippen molar-refractivity contribution in [3.63, 3.8) is 0 Å². The van der Waals surface area contributed by atoms with Crippen molar-refractivity contribution in [3.8, 4) is 5.75 Å². The molecule has 0 bridgehead atoms. The number of phenols is 1. The third-order valence-corrected chi connectivity index (χ3v) is 3.62. The van der Waals surface area contributed by atoms with Gasteiger partial charge < -0.3 is 15.7 Å². The Kier molecular flexibility index (Phi) is 4.80. The van der Waals surface area contributed by atoms with Crippen molar-refractivity contribution in [1.82, 2.24) is 5.32 Å². The number of piperidine rings is 1. The normalized spacial score (nSPS) is 19.1. The molecular formula is C15H22N2O2. The average Bonchev–Trinajstić information content (AvgIpc) is 2.42. The van der Waals surface area contributed by atoms with Gasteiger partial charge in [-0.05, 0) is 56.0 Å². The van der Waals surface area contributed by atoms with E-state index in [1.165, 1.54) is 0 Å². The number of nitrogens with one attached hydrogen (secondary N) is 2. The van der Waals surface area contributed by atoms with E-state index in [2.05, 4.69) is 10.6 Å². The lowest BCUT2D eigenvalue weighted by molar-refractivity contribution is -0.117. The minimum absolute atomic E-state index is 0.0164. The summed E-state index contributed by atoms with van der Waals surface area (Å²) in [5.41, 5.74) is 1.63. The second-order valence-corrected chi connectivity index (χ2v) is 5.17. The molecule has 1 aromatic rings. The lowest BCUT2D eigenvalue weighted by Crippen LogP contribution is -2.32. The quantitative estimate of drug-likeness (QED) is 0.730. The highest BCUT2D eigenvalue weighted by atomic mass is 16.3. The maximum atomic E-state index is 12.0. The first-order valence-electron chi connectivity index (χ1n) is 7.01. The lowest BCUT2D eigenvalue weighted by Gasteiger charge is -2.22. The molecule has 104 valence electrons. The molecule has 3 N–H and O–H groups in total. The van der Waals surface area contributed by atoms with Gasteiger partial charge in [0.05, 0.1) is 5.69 Å². The molecule has 0 aromatic heterocycles. The summed E-state index contributed by atoms with van der Waals surface area (Å²) in [5.74, 6) is 0.523. The number of carbonyl (C=O) groups excluding carboxylic acids is 1. The molecule has 1 unspecified atom stereocenters. The van der Waals surface area contributed by atoms with E-state index in [1.807, 2.05) is 19.1 Å². The Balaban J connectivity index is 1.94. The lowest BCUT2D eigenvalue weighted by atomic mass is 9.96. The Morgan fingerprint density at radius 1 is 1.53 bits per heavy atom. The zero-order valence-electron chi connectivity index (χ0n) is 11.4. The summed E-state index contributed by atoms with van der Waals surface area (Å²) in [4.78, 5) is 12.0. The van der Waals surface area contributed by atoms with Crippen LogP contribution < -0.4 is 10.6 Å². The highest BCUT2D eigenvalue weighted by Gasteiger charge is 2.17. The number of anilines is 1. The molecule has 2 rings (SSSR count). The van der Waals surface area contributed by atoms with Crippen molar-refractivity contribution < 1.29 is 9.90 Å². The number of aromatic hydroxyl groups is 1. The molecular weight excluding hydrogens is 240 g/mol. The Morgan fingerprint density at radius 3 is 3.05 bits per heavy atom. The van der Waals surface area contributed by atoms with Crippen molar-refractivity contribution in [2.45, 2.75) is 32.6 Å². The first kappa shape index (κ1) is 13.9. The molecule has 1 aliphatic heterocycles. The summed E-state index contributed by atoms with van der Waals surface area (Å²) in [6.07, 6.45) is 3.63. The highest BCUT2D eigenvalue weighted by Crippen LogP contribution is 2.25. The van der Waals surface area contributed by atoms with Crippen LogP contribution in [0.15, 0.2) is 18.2 Å². The summed E-state index contributed by atoms with van der Waals surface area (Å²) >= 11 is 0. The Morgan fingerprint density at radius 2 is 2.37 bits per heavy atom. The summed E-state index contributed by atoms with van der Waals surface area (Å²) in [7, 11) is 0. The molecule has 4 heteroatoms. The van der Waals surface area contributed by atoms with E-state index in [0.29, 0.717) is 18.0 Å². The third-order valence-electron chi connectivity index (χ3n) is 3.62. The van der Waals surface area contributed by atoms with Crippen LogP contribution in [0.2, 0.25) is 0 Å². The van der Waals surface area contributed by atoms with E-state index in [9.17, 15) is 9.90 Å². The van der Waals surface area contributed by atoms with Crippen LogP contribution in [0.4, 0.5) is 5.69 Å². The summed E-state index contributed by atoms with van der Waals surface area (Å²) in [6.45, 7) is 4.01. The minimum Gasteiger partial charge on any atom is -0.506 e. The third kappa shape index (κ3) is 3.96. The molecule has 0 saturated carbocycles. The Hall–Kier alpha value is -1.55. The fourth-order valence-corrected chi connectivity index (χ4v) is 2.46. The second-order valence-electron chi connectivity index (χ2n) is 5.17. The van der Waals surface area contributed by atoms with Gasteiger partial charge in [0.25, 0.3) is 0 Å². The van der Waals surface area contributed by atoms with Crippen LogP contribution in [0.3, 0.4) is 0 Å². The van der Waals surface area contributed by atoms with Gasteiger partial charge in [-0.15, -0.1) is 0 Å². The molecule has 4 nitrogen and oxygen atoms in total. The molecule has 0 spiro atoms. The zero-order chi connectivity index (χ0) is 13.7. The van der Waals surface area contributed by atoms with Crippen LogP contribution in [0.5, 0.6) is 5.75 Å². The molecule has 1 saturated heterocycles. The van der Waals surface area contributed by atoms with Gasteiger partial charge in [0.2, 0.25) is 5.91 Å². The van der Waals surface area contributed by atoms with Gasteiger partial charge in [0.15, 0.2) is 0 Å². The molecule has 1 aromatic carbocycles. The van der Waals surface area contributed by atoms with Crippen molar-refractivity contribution >= 4 is 11.6 Å². The van der Waals surface area contributed by atoms with Gasteiger partial charge in [-0.2, -0.15) is 0 Å². The molecule has 1 atom stereocenters. The number of hydrogen-bond donors (Lipinski definition) is 3. The minimum atomic E-state index is -0.0164. The van der Waals surface area contributed by atoms with E-state index in [1.54, 1.807) is 6.07 Å². The maximum absolute atomic E-state index is 12.0. The van der Waals surface area contributed by atoms with Gasteiger partial charge in [-0.3, -0.25) is 4.79 Å². The van der Waals surface area contributed by atoms with Crippen LogP contribution in [-0.2, 0) is 11.2 Å². The van der Waals surface area contributed by atoms with E-state index >= 15 is 0 Å². The molecule has 0 aliphatic carbocycles. The fraction of sp³-hybridized carbons (Fsp3) is 0.533. The summed E-state index contributed by atoms with van der Waals surface area (Å²) < 4.78 is 0. The van der Waals surface area contributed by atoms with Crippen LogP contribution in [-0.4, -0.2) is 24.1 Å². The number of rotatable bonds is 4. The van der Waals surface area contributed by atoms with Gasteiger partial charge in [0, 0.05) is 6.42 Å². The first-order valence-corrected chi connectivity index (χ1v) is 7.01. The average molecular weight is 262 g/mol. The van der Waals surface area contributed by atoms with E-state index in [-0.39, 0.29) is 11.7 Å². The van der Waals surface area contributed by atoms with Crippen molar-refractivity contribution in [2.24, 2.45) is 5.92 Å². The molecule has 1 amide bonds. The maximum Gasteiger partial charge on any atom is 0.224 e. The number of hydrogen-bond acceptors (Lipinski definition) is 3. The number of aryl methyl sites for hydroxylation is 1. The van der Waals surface area contributed by atoms with Gasteiger partial charge in [-0.1, -0.05) is 13.0 Å². The summed E-state index contributed by atoms with van der Waals surface area (Å²) in [5, 5.41) is 15.9. The monoisotopic (exact) mass is 262 g/mol. The predicted molar refractivity (Wildman–Crippen MR) is 76.3 cm³/mol. The van der Waals surface area contributed by atoms with E-state index < -0.39 is 0 Å². The van der Waals surface area contributed by atoms with Crippen molar-refractivity contribution in [2.75, 3.05) is 18.4 Å². The molecule has 1 fully saturated rings. The molecule has 1 aliphatic rings. The SMILES string of the molecule is CCc1ccc(O)c(NC(=O)CC2CCCNC2)c1. The molecule has 19 heavy (non-hydrogen) atoms. The predicted octanol–water partition coefficient (Wildman–Crippen LogP) is 2.28. The van der Waals surface area contributed by atoms with Crippen LogP contribution in [0.25, 0.3) is 0 Å². The van der Waals surface area contributed by atoms with Gasteiger partial charge >= 0.3 is 0 Å². The zero-order valence-corrected chi connectivity index (χ0v) is 11.4. The second kappa shape index (κ2) is 6.57. The van der Waals surface area contributed by atoms with Gasteiger partial charge in [-0.25, -0.2) is 0 Å². The van der Waals surface area contributed by atoms with Crippen molar-refractivity contribution in [3.05, 3.63) is 23.8 Å². The first-order chi connectivity index (χ1) is 9.19.